The van der Waals surface area contributed by atoms with Gasteiger partial charge in [0.1, 0.15) is 18.2 Å². The Morgan fingerprint density at radius 1 is 1.27 bits per heavy atom. The fourth-order valence-electron chi connectivity index (χ4n) is 2.10. The Morgan fingerprint density at radius 2 is 2.05 bits per heavy atom. The standard InChI is InChI=1S/C17H13FN2O2/c1-2-9-22-17(21)12-5-8-14-15(10-12)20-16(19-14)11-3-6-13(18)7-4-11/h2-8,10H,1,9H2,(H,19,20). The number of esters is 1. The molecule has 110 valence electrons. The number of aromatic amines is 1. The number of nitrogens with one attached hydrogen (secondary N) is 1. The summed E-state index contributed by atoms with van der Waals surface area (Å²) in [5, 5.41) is 0. The van der Waals surface area contributed by atoms with Crippen LogP contribution in [0.3, 0.4) is 0 Å². The third-order valence-corrected chi connectivity index (χ3v) is 3.17. The van der Waals surface area contributed by atoms with Gasteiger partial charge in [-0.2, -0.15) is 0 Å². The number of carbonyl (C=O) groups is 1. The first-order valence-electron chi connectivity index (χ1n) is 6.71. The maximum atomic E-state index is 13.0. The molecule has 0 atom stereocenters. The monoisotopic (exact) mass is 296 g/mol. The lowest BCUT2D eigenvalue weighted by atomic mass is 10.2. The second-order valence-corrected chi connectivity index (χ2v) is 4.71. The zero-order valence-electron chi connectivity index (χ0n) is 11.7. The van der Waals surface area contributed by atoms with Crippen LogP contribution < -0.4 is 0 Å². The average molecular weight is 296 g/mol. The van der Waals surface area contributed by atoms with E-state index in [1.54, 1.807) is 30.3 Å². The maximum absolute atomic E-state index is 13.0. The number of benzene rings is 2. The molecule has 4 nitrogen and oxygen atoms in total. The van der Waals surface area contributed by atoms with Crippen molar-refractivity contribution in [3.63, 3.8) is 0 Å². The summed E-state index contributed by atoms with van der Waals surface area (Å²) in [5.74, 6) is -0.0987. The number of ether oxygens (including phenoxy) is 1. The lowest BCUT2D eigenvalue weighted by Crippen LogP contribution is -2.04. The number of nitrogens with zero attached hydrogens (tertiary/aromatic N) is 1. The van der Waals surface area contributed by atoms with Gasteiger partial charge >= 0.3 is 5.97 Å². The van der Waals surface area contributed by atoms with Crippen LogP contribution in [0.4, 0.5) is 4.39 Å². The molecule has 1 aromatic heterocycles. The minimum atomic E-state index is -0.417. The lowest BCUT2D eigenvalue weighted by Gasteiger charge is -2.01. The summed E-state index contributed by atoms with van der Waals surface area (Å²) < 4.78 is 18.0. The van der Waals surface area contributed by atoms with Gasteiger partial charge in [-0.3, -0.25) is 0 Å². The first-order chi connectivity index (χ1) is 10.7. The summed E-state index contributed by atoms with van der Waals surface area (Å²) in [6, 6.07) is 11.1. The molecule has 0 saturated heterocycles. The van der Waals surface area contributed by atoms with Crippen LogP contribution in [0.2, 0.25) is 0 Å². The second kappa shape index (κ2) is 5.81. The van der Waals surface area contributed by atoms with E-state index in [9.17, 15) is 9.18 Å². The molecule has 0 unspecified atom stereocenters. The lowest BCUT2D eigenvalue weighted by molar-refractivity contribution is 0.0550. The molecule has 2 aromatic carbocycles. The van der Waals surface area contributed by atoms with E-state index in [0.717, 1.165) is 11.1 Å². The van der Waals surface area contributed by atoms with E-state index in [0.29, 0.717) is 16.9 Å². The summed E-state index contributed by atoms with van der Waals surface area (Å²) in [6.07, 6.45) is 1.51. The van der Waals surface area contributed by atoms with E-state index in [1.165, 1.54) is 18.2 Å². The van der Waals surface area contributed by atoms with Crippen molar-refractivity contribution in [2.45, 2.75) is 0 Å². The van der Waals surface area contributed by atoms with Gasteiger partial charge in [-0.05, 0) is 42.5 Å². The topological polar surface area (TPSA) is 55.0 Å². The van der Waals surface area contributed by atoms with Crippen molar-refractivity contribution in [1.82, 2.24) is 9.97 Å². The zero-order chi connectivity index (χ0) is 15.5. The first kappa shape index (κ1) is 14.0. The summed E-state index contributed by atoms with van der Waals surface area (Å²) >= 11 is 0. The van der Waals surface area contributed by atoms with Crippen molar-refractivity contribution in [1.29, 1.82) is 0 Å². The molecule has 5 heteroatoms. The predicted octanol–water partition coefficient (Wildman–Crippen LogP) is 3.71. The normalized spacial score (nSPS) is 10.6. The zero-order valence-corrected chi connectivity index (χ0v) is 11.7. The van der Waals surface area contributed by atoms with Crippen molar-refractivity contribution in [3.05, 3.63) is 66.5 Å². The second-order valence-electron chi connectivity index (χ2n) is 4.71. The molecule has 0 spiro atoms. The highest BCUT2D eigenvalue weighted by Gasteiger charge is 2.10. The van der Waals surface area contributed by atoms with Crippen LogP contribution in [0.1, 0.15) is 10.4 Å². The largest absolute Gasteiger partial charge is 0.458 e. The van der Waals surface area contributed by atoms with Crippen molar-refractivity contribution in [3.8, 4) is 11.4 Å². The van der Waals surface area contributed by atoms with E-state index < -0.39 is 5.97 Å². The Morgan fingerprint density at radius 3 is 2.77 bits per heavy atom. The van der Waals surface area contributed by atoms with Crippen LogP contribution in [0.15, 0.2) is 55.1 Å². The van der Waals surface area contributed by atoms with Gasteiger partial charge in [0, 0.05) is 5.56 Å². The van der Waals surface area contributed by atoms with Gasteiger partial charge in [-0.25, -0.2) is 14.2 Å². The van der Waals surface area contributed by atoms with Crippen molar-refractivity contribution < 1.29 is 13.9 Å². The van der Waals surface area contributed by atoms with Gasteiger partial charge < -0.3 is 9.72 Å². The molecule has 0 aliphatic rings. The Balaban J connectivity index is 1.94. The Hall–Kier alpha value is -2.95. The highest BCUT2D eigenvalue weighted by atomic mass is 19.1. The minimum Gasteiger partial charge on any atom is -0.458 e. The van der Waals surface area contributed by atoms with E-state index in [1.807, 2.05) is 0 Å². The number of fused-ring (bicyclic) bond motifs is 1. The third kappa shape index (κ3) is 2.74. The van der Waals surface area contributed by atoms with Crippen LogP contribution >= 0.6 is 0 Å². The van der Waals surface area contributed by atoms with Crippen LogP contribution in [-0.4, -0.2) is 22.5 Å². The summed E-state index contributed by atoms with van der Waals surface area (Å²) in [5.41, 5.74) is 2.64. The number of carbonyl (C=O) groups excluding carboxylic acids is 1. The number of hydrogen-bond acceptors (Lipinski definition) is 3. The van der Waals surface area contributed by atoms with Gasteiger partial charge in [0.25, 0.3) is 0 Å². The molecule has 0 aliphatic carbocycles. The van der Waals surface area contributed by atoms with Crippen molar-refractivity contribution in [2.24, 2.45) is 0 Å². The van der Waals surface area contributed by atoms with Gasteiger partial charge in [0.05, 0.1) is 16.6 Å². The molecule has 22 heavy (non-hydrogen) atoms. The van der Waals surface area contributed by atoms with Crippen LogP contribution in [0, 0.1) is 5.82 Å². The Kier molecular flexibility index (Phi) is 3.70. The summed E-state index contributed by atoms with van der Waals surface area (Å²) in [4.78, 5) is 19.4. The van der Waals surface area contributed by atoms with E-state index in [4.69, 9.17) is 4.74 Å². The Labute approximate surface area is 126 Å². The van der Waals surface area contributed by atoms with E-state index in [2.05, 4.69) is 16.5 Å². The molecule has 1 heterocycles. The molecule has 0 fully saturated rings. The minimum absolute atomic E-state index is 0.167. The number of imidazole rings is 1. The molecule has 0 aliphatic heterocycles. The molecule has 0 saturated carbocycles. The first-order valence-corrected chi connectivity index (χ1v) is 6.71. The fourth-order valence-corrected chi connectivity index (χ4v) is 2.10. The molecular weight excluding hydrogens is 283 g/mol. The number of H-pyrrole nitrogens is 1. The third-order valence-electron chi connectivity index (χ3n) is 3.17. The highest BCUT2D eigenvalue weighted by Crippen LogP contribution is 2.21. The van der Waals surface area contributed by atoms with E-state index >= 15 is 0 Å². The predicted molar refractivity (Wildman–Crippen MR) is 82.0 cm³/mol. The van der Waals surface area contributed by atoms with E-state index in [-0.39, 0.29) is 12.4 Å². The SMILES string of the molecule is C=CCOC(=O)c1ccc2nc(-c3ccc(F)cc3)[nH]c2c1. The van der Waals surface area contributed by atoms with Crippen LogP contribution in [0.25, 0.3) is 22.4 Å². The highest BCUT2D eigenvalue weighted by molar-refractivity contribution is 5.94. The molecule has 0 bridgehead atoms. The average Bonchev–Trinajstić information content (AvgIpc) is 2.96. The smallest absolute Gasteiger partial charge is 0.338 e. The van der Waals surface area contributed by atoms with Gasteiger partial charge in [0.2, 0.25) is 0 Å². The van der Waals surface area contributed by atoms with Crippen molar-refractivity contribution >= 4 is 17.0 Å². The van der Waals surface area contributed by atoms with Crippen LogP contribution in [0.5, 0.6) is 0 Å². The Bertz CT molecular complexity index is 837. The quantitative estimate of drug-likeness (QED) is 0.590. The molecular formula is C17H13FN2O2. The summed E-state index contributed by atoms with van der Waals surface area (Å²) in [6.45, 7) is 3.67. The molecule has 3 rings (SSSR count). The van der Waals surface area contributed by atoms with Gasteiger partial charge in [0.15, 0.2) is 0 Å². The molecule has 3 aromatic rings. The van der Waals surface area contributed by atoms with Crippen molar-refractivity contribution in [2.75, 3.05) is 6.61 Å². The summed E-state index contributed by atoms with van der Waals surface area (Å²) in [7, 11) is 0. The maximum Gasteiger partial charge on any atom is 0.338 e. The molecule has 0 amide bonds. The van der Waals surface area contributed by atoms with Crippen LogP contribution in [-0.2, 0) is 4.74 Å². The number of hydrogen-bond donors (Lipinski definition) is 1. The molecule has 1 N–H and O–H groups in total. The van der Waals surface area contributed by atoms with Gasteiger partial charge in [-0.1, -0.05) is 12.7 Å². The number of rotatable bonds is 4. The van der Waals surface area contributed by atoms with Gasteiger partial charge in [-0.15, -0.1) is 0 Å². The number of aromatic nitrogens is 2. The number of halogens is 1. The molecule has 0 radical (unpaired) electrons. The fraction of sp³-hybridized carbons (Fsp3) is 0.0588.